The van der Waals surface area contributed by atoms with E-state index in [-0.39, 0.29) is 5.92 Å². The van der Waals surface area contributed by atoms with Crippen LogP contribution in [0.15, 0.2) is 16.7 Å². The lowest BCUT2D eigenvalue weighted by molar-refractivity contribution is -0.142. The third-order valence-electron chi connectivity index (χ3n) is 2.55. The van der Waals surface area contributed by atoms with Gasteiger partial charge in [0.15, 0.2) is 0 Å². The van der Waals surface area contributed by atoms with Crippen molar-refractivity contribution in [2.45, 2.75) is 6.92 Å². The van der Waals surface area contributed by atoms with E-state index in [1.165, 1.54) is 0 Å². The molecule has 2 rings (SSSR count). The largest absolute Gasteiger partial charge is 0.481 e. The Morgan fingerprint density at radius 3 is 2.87 bits per heavy atom. The summed E-state index contributed by atoms with van der Waals surface area (Å²) in [5.41, 5.74) is 1.06. The third kappa shape index (κ3) is 1.97. The predicted octanol–water partition coefficient (Wildman–Crippen LogP) is 1.67. The number of carboxylic acid groups (broad SMARTS) is 1. The second-order valence-corrected chi connectivity index (χ2v) is 4.65. The fraction of sp³-hybridized carbons (Fsp3) is 0.400. The molecule has 2 heterocycles. The van der Waals surface area contributed by atoms with E-state index < -0.39 is 5.97 Å². The van der Waals surface area contributed by atoms with Gasteiger partial charge in [0, 0.05) is 23.8 Å². The molecule has 0 atom stereocenters. The number of rotatable bonds is 2. The number of pyridine rings is 1. The number of hydrogen-bond acceptors (Lipinski definition) is 3. The van der Waals surface area contributed by atoms with Crippen molar-refractivity contribution < 1.29 is 9.90 Å². The summed E-state index contributed by atoms with van der Waals surface area (Å²) in [5, 5.41) is 8.76. The van der Waals surface area contributed by atoms with Crippen LogP contribution in [0.2, 0.25) is 0 Å². The van der Waals surface area contributed by atoms with Gasteiger partial charge in [0.2, 0.25) is 0 Å². The van der Waals surface area contributed by atoms with Gasteiger partial charge in [-0.1, -0.05) is 0 Å². The Labute approximate surface area is 96.1 Å². The summed E-state index contributed by atoms with van der Waals surface area (Å²) in [5.74, 6) is -0.0773. The van der Waals surface area contributed by atoms with Gasteiger partial charge in [-0.3, -0.25) is 4.79 Å². The summed E-state index contributed by atoms with van der Waals surface area (Å²) in [6.45, 7) is 3.09. The minimum atomic E-state index is -0.721. The summed E-state index contributed by atoms with van der Waals surface area (Å²) in [6, 6.07) is 1.98. The maximum atomic E-state index is 10.6. The fourth-order valence-corrected chi connectivity index (χ4v) is 2.12. The van der Waals surface area contributed by atoms with E-state index in [0.717, 1.165) is 15.9 Å². The molecule has 0 bridgehead atoms. The first-order valence-electron chi connectivity index (χ1n) is 4.68. The highest BCUT2D eigenvalue weighted by molar-refractivity contribution is 9.10. The molecule has 0 radical (unpaired) electrons. The number of anilines is 1. The zero-order valence-electron chi connectivity index (χ0n) is 8.27. The Kier molecular flexibility index (Phi) is 2.65. The summed E-state index contributed by atoms with van der Waals surface area (Å²) in [4.78, 5) is 16.9. The smallest absolute Gasteiger partial charge is 0.310 e. The van der Waals surface area contributed by atoms with Crippen LogP contribution < -0.4 is 4.90 Å². The van der Waals surface area contributed by atoms with Crippen LogP contribution in [-0.4, -0.2) is 29.1 Å². The van der Waals surface area contributed by atoms with Crippen molar-refractivity contribution in [2.24, 2.45) is 5.92 Å². The molecule has 0 aromatic carbocycles. The number of hydrogen-bond donors (Lipinski definition) is 1. The van der Waals surface area contributed by atoms with Crippen LogP contribution in [-0.2, 0) is 4.79 Å². The van der Waals surface area contributed by atoms with Crippen molar-refractivity contribution in [1.29, 1.82) is 0 Å². The summed E-state index contributed by atoms with van der Waals surface area (Å²) >= 11 is 3.35. The van der Waals surface area contributed by atoms with E-state index in [1.807, 2.05) is 17.9 Å². The average Bonchev–Trinajstić information content (AvgIpc) is 2.05. The average molecular weight is 271 g/mol. The van der Waals surface area contributed by atoms with Crippen molar-refractivity contribution in [1.82, 2.24) is 4.98 Å². The Morgan fingerprint density at radius 2 is 2.33 bits per heavy atom. The second-order valence-electron chi connectivity index (χ2n) is 3.73. The van der Waals surface area contributed by atoms with Gasteiger partial charge in [0.1, 0.15) is 5.82 Å². The lowest BCUT2D eigenvalue weighted by Crippen LogP contribution is -2.51. The van der Waals surface area contributed by atoms with Crippen molar-refractivity contribution >= 4 is 27.7 Å². The molecule has 1 aromatic rings. The molecule has 1 fully saturated rings. The van der Waals surface area contributed by atoms with Crippen LogP contribution in [0.3, 0.4) is 0 Å². The SMILES string of the molecule is Cc1cc(Br)cnc1N1CC(C(=O)O)C1. The van der Waals surface area contributed by atoms with Crippen LogP contribution in [0.25, 0.3) is 0 Å². The number of nitrogens with zero attached hydrogens (tertiary/aromatic N) is 2. The zero-order valence-corrected chi connectivity index (χ0v) is 9.86. The third-order valence-corrected chi connectivity index (χ3v) is 2.98. The van der Waals surface area contributed by atoms with E-state index in [1.54, 1.807) is 6.20 Å². The molecule has 1 aliphatic heterocycles. The number of aromatic nitrogens is 1. The molecule has 1 N–H and O–H groups in total. The standard InChI is InChI=1S/C10H11BrN2O2/c1-6-2-8(11)3-12-9(6)13-4-7(5-13)10(14)15/h2-3,7H,4-5H2,1H3,(H,14,15). The van der Waals surface area contributed by atoms with Gasteiger partial charge < -0.3 is 10.0 Å². The van der Waals surface area contributed by atoms with Crippen LogP contribution in [0, 0.1) is 12.8 Å². The maximum Gasteiger partial charge on any atom is 0.310 e. The van der Waals surface area contributed by atoms with E-state index in [4.69, 9.17) is 5.11 Å². The van der Waals surface area contributed by atoms with Crippen LogP contribution in [0.4, 0.5) is 5.82 Å². The molecule has 1 aliphatic rings. The van der Waals surface area contributed by atoms with E-state index in [9.17, 15) is 4.79 Å². The second kappa shape index (κ2) is 3.81. The first kappa shape index (κ1) is 10.4. The zero-order chi connectivity index (χ0) is 11.0. The van der Waals surface area contributed by atoms with Crippen LogP contribution >= 0.6 is 15.9 Å². The molecular formula is C10H11BrN2O2. The van der Waals surface area contributed by atoms with Gasteiger partial charge in [-0.25, -0.2) is 4.98 Å². The number of carbonyl (C=O) groups is 1. The molecule has 1 saturated heterocycles. The van der Waals surface area contributed by atoms with Gasteiger partial charge in [0.05, 0.1) is 5.92 Å². The molecule has 1 aromatic heterocycles. The minimum Gasteiger partial charge on any atom is -0.481 e. The summed E-state index contributed by atoms with van der Waals surface area (Å²) in [7, 11) is 0. The maximum absolute atomic E-state index is 10.6. The molecule has 0 saturated carbocycles. The highest BCUT2D eigenvalue weighted by Gasteiger charge is 2.33. The summed E-state index contributed by atoms with van der Waals surface area (Å²) < 4.78 is 0.944. The Morgan fingerprint density at radius 1 is 1.67 bits per heavy atom. The molecule has 5 heteroatoms. The highest BCUT2D eigenvalue weighted by Crippen LogP contribution is 2.27. The Balaban J connectivity index is 2.10. The monoisotopic (exact) mass is 270 g/mol. The van der Waals surface area contributed by atoms with E-state index in [0.29, 0.717) is 13.1 Å². The number of halogens is 1. The first-order valence-corrected chi connectivity index (χ1v) is 5.47. The van der Waals surface area contributed by atoms with Gasteiger partial charge in [-0.05, 0) is 34.5 Å². The summed E-state index contributed by atoms with van der Waals surface area (Å²) in [6.07, 6.45) is 1.73. The number of aliphatic carboxylic acids is 1. The molecular weight excluding hydrogens is 260 g/mol. The van der Waals surface area contributed by atoms with Crippen molar-refractivity contribution in [3.05, 3.63) is 22.3 Å². The topological polar surface area (TPSA) is 53.4 Å². The van der Waals surface area contributed by atoms with Crippen molar-refractivity contribution in [3.63, 3.8) is 0 Å². The molecule has 80 valence electrons. The Hall–Kier alpha value is -1.10. The number of carboxylic acids is 1. The van der Waals surface area contributed by atoms with E-state index in [2.05, 4.69) is 20.9 Å². The number of aryl methyl sites for hydroxylation is 1. The quantitative estimate of drug-likeness (QED) is 0.889. The molecule has 0 spiro atoms. The van der Waals surface area contributed by atoms with Crippen molar-refractivity contribution in [2.75, 3.05) is 18.0 Å². The van der Waals surface area contributed by atoms with Gasteiger partial charge in [0.25, 0.3) is 0 Å². The lowest BCUT2D eigenvalue weighted by Gasteiger charge is -2.38. The predicted molar refractivity (Wildman–Crippen MR) is 60.0 cm³/mol. The Bertz CT molecular complexity index is 402. The minimum absolute atomic E-state index is 0.241. The molecule has 4 nitrogen and oxygen atoms in total. The van der Waals surface area contributed by atoms with E-state index >= 15 is 0 Å². The molecule has 0 unspecified atom stereocenters. The van der Waals surface area contributed by atoms with Gasteiger partial charge in [-0.2, -0.15) is 0 Å². The lowest BCUT2D eigenvalue weighted by atomic mass is 10.00. The van der Waals surface area contributed by atoms with Crippen LogP contribution in [0.5, 0.6) is 0 Å². The van der Waals surface area contributed by atoms with Gasteiger partial charge in [-0.15, -0.1) is 0 Å². The first-order chi connectivity index (χ1) is 7.08. The fourth-order valence-electron chi connectivity index (χ4n) is 1.67. The van der Waals surface area contributed by atoms with Gasteiger partial charge >= 0.3 is 5.97 Å². The van der Waals surface area contributed by atoms with Crippen molar-refractivity contribution in [3.8, 4) is 0 Å². The molecule has 0 aliphatic carbocycles. The highest BCUT2D eigenvalue weighted by atomic mass is 79.9. The normalized spacial score (nSPS) is 16.3. The molecule has 15 heavy (non-hydrogen) atoms. The van der Waals surface area contributed by atoms with Crippen LogP contribution in [0.1, 0.15) is 5.56 Å². The molecule has 0 amide bonds.